The summed E-state index contributed by atoms with van der Waals surface area (Å²) in [4.78, 5) is 25.7. The molecule has 0 atom stereocenters. The SMILES string of the molecule is Cc1ccc(-n2ncc3c(C)nn(CC(=O)NC4CCCCC4)c(=O)c32)cc1C. The first kappa shape index (κ1) is 19.4. The Kier molecular flexibility index (Phi) is 5.22. The molecule has 0 bridgehead atoms. The van der Waals surface area contributed by atoms with E-state index in [1.807, 2.05) is 39.0 Å². The zero-order chi connectivity index (χ0) is 20.5. The number of amides is 1. The van der Waals surface area contributed by atoms with Gasteiger partial charge in [0.2, 0.25) is 5.91 Å². The molecule has 152 valence electrons. The molecular weight excluding hydrogens is 366 g/mol. The lowest BCUT2D eigenvalue weighted by Gasteiger charge is -2.22. The van der Waals surface area contributed by atoms with E-state index in [-0.39, 0.29) is 24.1 Å². The monoisotopic (exact) mass is 393 g/mol. The van der Waals surface area contributed by atoms with Gasteiger partial charge in [0.05, 0.1) is 17.6 Å². The highest BCUT2D eigenvalue weighted by Gasteiger charge is 2.19. The average molecular weight is 393 g/mol. The van der Waals surface area contributed by atoms with Crippen molar-refractivity contribution in [3.8, 4) is 5.69 Å². The highest BCUT2D eigenvalue weighted by molar-refractivity contribution is 5.82. The second-order valence-corrected chi connectivity index (χ2v) is 8.04. The molecule has 1 amide bonds. The standard InChI is InChI=1S/C22H27N5O2/c1-14-9-10-18(11-15(14)2)27-21-19(12-23-27)16(3)25-26(22(21)29)13-20(28)24-17-7-5-4-6-8-17/h9-12,17H,4-8,13H2,1-3H3,(H,24,28). The van der Waals surface area contributed by atoms with E-state index < -0.39 is 0 Å². The highest BCUT2D eigenvalue weighted by Crippen LogP contribution is 2.20. The van der Waals surface area contributed by atoms with Gasteiger partial charge in [-0.05, 0) is 56.9 Å². The minimum atomic E-state index is -0.305. The second-order valence-electron chi connectivity index (χ2n) is 8.04. The summed E-state index contributed by atoms with van der Waals surface area (Å²) in [5, 5.41) is 12.6. The number of fused-ring (bicyclic) bond motifs is 1. The third-order valence-corrected chi connectivity index (χ3v) is 5.87. The smallest absolute Gasteiger partial charge is 0.293 e. The van der Waals surface area contributed by atoms with Gasteiger partial charge in [0.1, 0.15) is 12.1 Å². The van der Waals surface area contributed by atoms with Crippen molar-refractivity contribution in [3.05, 3.63) is 51.6 Å². The molecule has 7 heteroatoms. The van der Waals surface area contributed by atoms with Crippen LogP contribution in [0.15, 0.2) is 29.2 Å². The summed E-state index contributed by atoms with van der Waals surface area (Å²) in [5.41, 5.74) is 3.96. The highest BCUT2D eigenvalue weighted by atomic mass is 16.2. The maximum absolute atomic E-state index is 13.2. The average Bonchev–Trinajstić information content (AvgIpc) is 3.15. The summed E-state index contributed by atoms with van der Waals surface area (Å²) in [6.45, 7) is 5.84. The fourth-order valence-electron chi connectivity index (χ4n) is 4.04. The van der Waals surface area contributed by atoms with Crippen LogP contribution in [-0.4, -0.2) is 31.5 Å². The fourth-order valence-corrected chi connectivity index (χ4v) is 4.04. The Morgan fingerprint density at radius 2 is 1.90 bits per heavy atom. The molecule has 2 aromatic heterocycles. The van der Waals surface area contributed by atoms with Crippen LogP contribution >= 0.6 is 0 Å². The lowest BCUT2D eigenvalue weighted by molar-refractivity contribution is -0.122. The lowest BCUT2D eigenvalue weighted by atomic mass is 9.95. The molecule has 0 saturated heterocycles. The Balaban J connectivity index is 1.69. The normalized spacial score (nSPS) is 15.0. The Labute approximate surface area is 169 Å². The number of aryl methyl sites for hydroxylation is 3. The molecule has 29 heavy (non-hydrogen) atoms. The topological polar surface area (TPSA) is 81.8 Å². The van der Waals surface area contributed by atoms with E-state index in [4.69, 9.17) is 0 Å². The van der Waals surface area contributed by atoms with Gasteiger partial charge in [0, 0.05) is 11.4 Å². The van der Waals surface area contributed by atoms with Crippen LogP contribution < -0.4 is 10.9 Å². The van der Waals surface area contributed by atoms with Crippen molar-refractivity contribution in [3.63, 3.8) is 0 Å². The molecule has 7 nitrogen and oxygen atoms in total. The van der Waals surface area contributed by atoms with Crippen LogP contribution in [0.1, 0.15) is 48.9 Å². The Bertz CT molecular complexity index is 1120. The molecular formula is C22H27N5O2. The number of aromatic nitrogens is 4. The van der Waals surface area contributed by atoms with Crippen LogP contribution in [0.25, 0.3) is 16.6 Å². The maximum Gasteiger partial charge on any atom is 0.293 e. The van der Waals surface area contributed by atoms with E-state index >= 15 is 0 Å². The van der Waals surface area contributed by atoms with Crippen molar-refractivity contribution < 1.29 is 4.79 Å². The number of benzene rings is 1. The Hall–Kier alpha value is -2.96. The van der Waals surface area contributed by atoms with Gasteiger partial charge in [-0.1, -0.05) is 25.3 Å². The van der Waals surface area contributed by atoms with Gasteiger partial charge < -0.3 is 5.32 Å². The number of nitrogens with one attached hydrogen (secondary N) is 1. The zero-order valence-electron chi connectivity index (χ0n) is 17.2. The van der Waals surface area contributed by atoms with Crippen LogP contribution in [0.3, 0.4) is 0 Å². The van der Waals surface area contributed by atoms with Crippen molar-refractivity contribution in [2.24, 2.45) is 0 Å². The van der Waals surface area contributed by atoms with Crippen molar-refractivity contribution >= 4 is 16.8 Å². The molecule has 3 aromatic rings. The summed E-state index contributed by atoms with van der Waals surface area (Å²) in [5.74, 6) is -0.164. The lowest BCUT2D eigenvalue weighted by Crippen LogP contribution is -2.40. The molecule has 4 rings (SSSR count). The molecule has 1 N–H and O–H groups in total. The van der Waals surface area contributed by atoms with E-state index in [2.05, 4.69) is 15.5 Å². The number of nitrogens with zero attached hydrogens (tertiary/aromatic N) is 4. The molecule has 0 aliphatic heterocycles. The summed E-state index contributed by atoms with van der Waals surface area (Å²) >= 11 is 0. The quantitative estimate of drug-likeness (QED) is 0.739. The molecule has 1 saturated carbocycles. The zero-order valence-corrected chi connectivity index (χ0v) is 17.2. The van der Waals surface area contributed by atoms with Gasteiger partial charge in [0.15, 0.2) is 0 Å². The van der Waals surface area contributed by atoms with Crippen molar-refractivity contribution in [2.75, 3.05) is 0 Å². The van der Waals surface area contributed by atoms with Gasteiger partial charge in [-0.25, -0.2) is 9.36 Å². The Morgan fingerprint density at radius 1 is 1.14 bits per heavy atom. The van der Waals surface area contributed by atoms with Gasteiger partial charge in [0.25, 0.3) is 5.56 Å². The number of carbonyl (C=O) groups is 1. The first-order valence-corrected chi connectivity index (χ1v) is 10.3. The molecule has 1 aromatic carbocycles. The Morgan fingerprint density at radius 3 is 2.62 bits per heavy atom. The summed E-state index contributed by atoms with van der Waals surface area (Å²) in [7, 11) is 0. The molecule has 0 spiro atoms. The predicted octanol–water partition coefficient (Wildman–Crippen LogP) is 2.96. The van der Waals surface area contributed by atoms with Crippen LogP contribution in [0.2, 0.25) is 0 Å². The number of carbonyl (C=O) groups excluding carboxylic acids is 1. The molecule has 0 radical (unpaired) electrons. The maximum atomic E-state index is 13.2. The molecule has 1 aliphatic rings. The van der Waals surface area contributed by atoms with E-state index in [0.29, 0.717) is 16.6 Å². The molecule has 0 unspecified atom stereocenters. The first-order valence-electron chi connectivity index (χ1n) is 10.3. The van der Waals surface area contributed by atoms with Crippen molar-refractivity contribution in [1.82, 2.24) is 24.9 Å². The number of hydrogen-bond donors (Lipinski definition) is 1. The van der Waals surface area contributed by atoms with E-state index in [9.17, 15) is 9.59 Å². The summed E-state index contributed by atoms with van der Waals surface area (Å²) < 4.78 is 2.91. The van der Waals surface area contributed by atoms with E-state index in [0.717, 1.165) is 36.9 Å². The van der Waals surface area contributed by atoms with Gasteiger partial charge in [-0.2, -0.15) is 10.2 Å². The van der Waals surface area contributed by atoms with Gasteiger partial charge >= 0.3 is 0 Å². The summed E-state index contributed by atoms with van der Waals surface area (Å²) in [6, 6.07) is 6.18. The largest absolute Gasteiger partial charge is 0.352 e. The number of hydrogen-bond acceptors (Lipinski definition) is 4. The number of rotatable bonds is 4. The van der Waals surface area contributed by atoms with Crippen LogP contribution in [0.5, 0.6) is 0 Å². The second kappa shape index (κ2) is 7.81. The van der Waals surface area contributed by atoms with Crippen LogP contribution in [0.4, 0.5) is 0 Å². The van der Waals surface area contributed by atoms with Crippen LogP contribution in [-0.2, 0) is 11.3 Å². The molecule has 1 fully saturated rings. The third kappa shape index (κ3) is 3.81. The minimum Gasteiger partial charge on any atom is -0.352 e. The summed E-state index contributed by atoms with van der Waals surface area (Å²) in [6.07, 6.45) is 7.19. The third-order valence-electron chi connectivity index (χ3n) is 5.87. The minimum absolute atomic E-state index is 0.0791. The molecule has 1 aliphatic carbocycles. The van der Waals surface area contributed by atoms with Gasteiger partial charge in [-0.15, -0.1) is 0 Å². The van der Waals surface area contributed by atoms with Crippen molar-refractivity contribution in [2.45, 2.75) is 65.5 Å². The van der Waals surface area contributed by atoms with Gasteiger partial charge in [-0.3, -0.25) is 9.59 Å². The van der Waals surface area contributed by atoms with E-state index in [1.54, 1.807) is 10.9 Å². The van der Waals surface area contributed by atoms with Crippen molar-refractivity contribution in [1.29, 1.82) is 0 Å². The predicted molar refractivity (Wildman–Crippen MR) is 112 cm³/mol. The van der Waals surface area contributed by atoms with Crippen LogP contribution in [0, 0.1) is 20.8 Å². The first-order chi connectivity index (χ1) is 13.9. The van der Waals surface area contributed by atoms with E-state index in [1.165, 1.54) is 16.7 Å². The fraction of sp³-hybridized carbons (Fsp3) is 0.455. The molecule has 2 heterocycles.